The Hall–Kier alpha value is -1.69. The van der Waals surface area contributed by atoms with Crippen molar-refractivity contribution in [3.63, 3.8) is 0 Å². The number of ether oxygens (including phenoxy) is 1. The van der Waals surface area contributed by atoms with Crippen molar-refractivity contribution in [2.45, 2.75) is 6.42 Å². The lowest BCUT2D eigenvalue weighted by atomic mass is 10.1. The minimum Gasteiger partial charge on any atom is -0.478 e. The highest BCUT2D eigenvalue weighted by Gasteiger charge is 2.18. The van der Waals surface area contributed by atoms with Gasteiger partial charge in [0.25, 0.3) is 0 Å². The average Bonchev–Trinajstić information content (AvgIpc) is 2.80. The van der Waals surface area contributed by atoms with Crippen LogP contribution in [0.5, 0.6) is 0 Å². The lowest BCUT2D eigenvalue weighted by Crippen LogP contribution is -2.17. The van der Waals surface area contributed by atoms with Gasteiger partial charge in [0.15, 0.2) is 0 Å². The molecule has 0 bridgehead atoms. The van der Waals surface area contributed by atoms with E-state index in [4.69, 9.17) is 9.84 Å². The molecule has 2 N–H and O–H groups in total. The van der Waals surface area contributed by atoms with Crippen molar-refractivity contribution in [3.05, 3.63) is 23.6 Å². The molecule has 0 aromatic carbocycles. The normalized spacial score (nSPS) is 19.2. The maximum Gasteiger partial charge on any atom is 0.339 e. The predicted octanol–water partition coefficient (Wildman–Crippen LogP) is 1.37. The van der Waals surface area contributed by atoms with Crippen LogP contribution in [0.1, 0.15) is 16.8 Å². The van der Waals surface area contributed by atoms with Crippen LogP contribution in [0.3, 0.4) is 0 Å². The first-order valence-corrected chi connectivity index (χ1v) is 5.37. The van der Waals surface area contributed by atoms with Gasteiger partial charge in [0.05, 0.1) is 12.8 Å². The summed E-state index contributed by atoms with van der Waals surface area (Å²) < 4.78 is 18.1. The Morgan fingerprint density at radius 3 is 3.18 bits per heavy atom. The minimum absolute atomic E-state index is 0.149. The highest BCUT2D eigenvalue weighted by molar-refractivity contribution is 5.93. The number of halogens is 1. The Morgan fingerprint density at radius 1 is 1.71 bits per heavy atom. The first-order chi connectivity index (χ1) is 8.16. The maximum atomic E-state index is 12.9. The van der Waals surface area contributed by atoms with Gasteiger partial charge in [-0.1, -0.05) is 0 Å². The van der Waals surface area contributed by atoms with E-state index in [1.54, 1.807) is 0 Å². The second kappa shape index (κ2) is 5.09. The van der Waals surface area contributed by atoms with Gasteiger partial charge in [-0.15, -0.1) is 0 Å². The summed E-state index contributed by atoms with van der Waals surface area (Å²) in [6.45, 7) is 1.98. The molecule has 5 nitrogen and oxygen atoms in total. The number of rotatable bonds is 4. The van der Waals surface area contributed by atoms with Crippen molar-refractivity contribution >= 4 is 11.8 Å². The quantitative estimate of drug-likeness (QED) is 0.831. The van der Waals surface area contributed by atoms with E-state index in [2.05, 4.69) is 10.3 Å². The van der Waals surface area contributed by atoms with Gasteiger partial charge < -0.3 is 15.2 Å². The first kappa shape index (κ1) is 11.8. The van der Waals surface area contributed by atoms with Crippen molar-refractivity contribution in [1.29, 1.82) is 0 Å². The molecule has 1 saturated heterocycles. The Labute approximate surface area is 97.6 Å². The van der Waals surface area contributed by atoms with Crippen LogP contribution in [-0.4, -0.2) is 35.8 Å². The molecule has 0 spiro atoms. The summed E-state index contributed by atoms with van der Waals surface area (Å²) in [4.78, 5) is 14.7. The van der Waals surface area contributed by atoms with E-state index in [0.29, 0.717) is 19.1 Å². The number of nitrogens with zero attached hydrogens (tertiary/aromatic N) is 1. The van der Waals surface area contributed by atoms with E-state index in [1.807, 2.05) is 0 Å². The topological polar surface area (TPSA) is 71.5 Å². The van der Waals surface area contributed by atoms with Crippen LogP contribution >= 0.6 is 0 Å². The van der Waals surface area contributed by atoms with Gasteiger partial charge in [-0.05, 0) is 12.5 Å². The second-order valence-electron chi connectivity index (χ2n) is 3.97. The van der Waals surface area contributed by atoms with Crippen molar-refractivity contribution in [3.8, 4) is 0 Å². The number of carboxylic acids is 1. The van der Waals surface area contributed by atoms with Crippen LogP contribution in [0.4, 0.5) is 10.2 Å². The maximum absolute atomic E-state index is 12.9. The molecular formula is C11H13FN2O3. The number of aromatic carboxylic acids is 1. The number of anilines is 1. The first-order valence-electron chi connectivity index (χ1n) is 5.37. The summed E-state index contributed by atoms with van der Waals surface area (Å²) in [6, 6.07) is 0.961. The molecule has 2 rings (SSSR count). The minimum atomic E-state index is -1.19. The summed E-state index contributed by atoms with van der Waals surface area (Å²) in [6.07, 6.45) is 1.94. The molecule has 0 aliphatic carbocycles. The van der Waals surface area contributed by atoms with Crippen LogP contribution in [0, 0.1) is 11.7 Å². The number of pyridine rings is 1. The highest BCUT2D eigenvalue weighted by Crippen LogP contribution is 2.17. The molecule has 17 heavy (non-hydrogen) atoms. The molecule has 2 heterocycles. The average molecular weight is 240 g/mol. The molecule has 0 radical (unpaired) electrons. The zero-order valence-corrected chi connectivity index (χ0v) is 9.15. The smallest absolute Gasteiger partial charge is 0.339 e. The molecule has 92 valence electrons. The van der Waals surface area contributed by atoms with Gasteiger partial charge in [-0.2, -0.15) is 0 Å². The van der Waals surface area contributed by atoms with Crippen LogP contribution in [0.15, 0.2) is 12.3 Å². The largest absolute Gasteiger partial charge is 0.478 e. The van der Waals surface area contributed by atoms with Crippen LogP contribution < -0.4 is 5.32 Å². The molecule has 0 amide bonds. The van der Waals surface area contributed by atoms with E-state index >= 15 is 0 Å². The Balaban J connectivity index is 2.06. The third-order valence-electron chi connectivity index (χ3n) is 2.67. The summed E-state index contributed by atoms with van der Waals surface area (Å²) in [5.41, 5.74) is -0.149. The monoisotopic (exact) mass is 240 g/mol. The van der Waals surface area contributed by atoms with Crippen molar-refractivity contribution in [2.75, 3.05) is 25.1 Å². The van der Waals surface area contributed by atoms with Gasteiger partial charge in [-0.25, -0.2) is 14.2 Å². The molecule has 1 unspecified atom stereocenters. The lowest BCUT2D eigenvalue weighted by molar-refractivity contribution is 0.0697. The van der Waals surface area contributed by atoms with Crippen molar-refractivity contribution in [2.24, 2.45) is 5.92 Å². The lowest BCUT2D eigenvalue weighted by Gasteiger charge is -2.11. The molecule has 1 aromatic rings. The number of nitrogens with one attached hydrogen (secondary N) is 1. The predicted molar refractivity (Wildman–Crippen MR) is 58.6 cm³/mol. The standard InChI is InChI=1S/C11H13FN2O3/c12-8-3-9(11(15)16)10(14-5-8)13-4-7-1-2-17-6-7/h3,5,7H,1-2,4,6H2,(H,13,14)(H,15,16). The number of aromatic nitrogens is 1. The van der Waals surface area contributed by atoms with E-state index in [0.717, 1.165) is 25.3 Å². The van der Waals surface area contributed by atoms with E-state index in [1.165, 1.54) is 0 Å². The Kier molecular flexibility index (Phi) is 3.53. The van der Waals surface area contributed by atoms with E-state index in [-0.39, 0.29) is 11.4 Å². The van der Waals surface area contributed by atoms with Gasteiger partial charge in [-0.3, -0.25) is 0 Å². The summed E-state index contributed by atoms with van der Waals surface area (Å²) in [7, 11) is 0. The number of carbonyl (C=O) groups is 1. The van der Waals surface area contributed by atoms with Crippen molar-refractivity contribution < 1.29 is 19.0 Å². The molecule has 1 aliphatic heterocycles. The zero-order valence-electron chi connectivity index (χ0n) is 9.15. The number of hydrogen-bond acceptors (Lipinski definition) is 4. The van der Waals surface area contributed by atoms with E-state index in [9.17, 15) is 9.18 Å². The Morgan fingerprint density at radius 2 is 2.53 bits per heavy atom. The number of carboxylic acid groups (broad SMARTS) is 1. The molecule has 1 aliphatic rings. The molecule has 6 heteroatoms. The van der Waals surface area contributed by atoms with Crippen LogP contribution in [0.25, 0.3) is 0 Å². The molecule has 0 saturated carbocycles. The highest BCUT2D eigenvalue weighted by atomic mass is 19.1. The fraction of sp³-hybridized carbons (Fsp3) is 0.455. The van der Waals surface area contributed by atoms with Crippen molar-refractivity contribution in [1.82, 2.24) is 4.98 Å². The second-order valence-corrected chi connectivity index (χ2v) is 3.97. The van der Waals surface area contributed by atoms with E-state index < -0.39 is 11.8 Å². The fourth-order valence-corrected chi connectivity index (χ4v) is 1.73. The van der Waals surface area contributed by atoms with Gasteiger partial charge in [0, 0.05) is 19.1 Å². The third-order valence-corrected chi connectivity index (χ3v) is 2.67. The zero-order chi connectivity index (χ0) is 12.3. The molecule has 1 aromatic heterocycles. The van der Waals surface area contributed by atoms with Crippen LogP contribution in [0.2, 0.25) is 0 Å². The SMILES string of the molecule is O=C(O)c1cc(F)cnc1NCC1CCOC1. The molecule has 1 atom stereocenters. The third kappa shape index (κ3) is 2.91. The summed E-state index contributed by atoms with van der Waals surface area (Å²) in [5, 5.41) is 11.8. The molecular weight excluding hydrogens is 227 g/mol. The molecule has 1 fully saturated rings. The number of hydrogen-bond donors (Lipinski definition) is 2. The summed E-state index contributed by atoms with van der Waals surface area (Å²) in [5.74, 6) is -1.30. The fourth-order valence-electron chi connectivity index (χ4n) is 1.73. The van der Waals surface area contributed by atoms with Gasteiger partial charge in [0.1, 0.15) is 17.2 Å². The summed E-state index contributed by atoms with van der Waals surface area (Å²) >= 11 is 0. The Bertz CT molecular complexity index is 419. The van der Waals surface area contributed by atoms with Gasteiger partial charge >= 0.3 is 5.97 Å². The van der Waals surface area contributed by atoms with Crippen LogP contribution in [-0.2, 0) is 4.74 Å². The van der Waals surface area contributed by atoms with Gasteiger partial charge in [0.2, 0.25) is 0 Å².